The molecule has 1 aromatic carbocycles. The molecule has 26 heavy (non-hydrogen) atoms. The smallest absolute Gasteiger partial charge is 0.223 e. The standard InChI is InChI=1S/C22H31FN2O/c1-25(2)22(17-7-4-8-18(23)14-17)11-9-21(10-12-22)15-24-20(26)19(21)13-16-5-3-6-16/h4,7-8,14,16,19H,3,5-6,9-13,15H2,1-2H3,(H,24,26)/t19?,21-,22+. The third kappa shape index (κ3) is 2.87. The van der Waals surface area contributed by atoms with Gasteiger partial charge >= 0.3 is 0 Å². The van der Waals surface area contributed by atoms with Gasteiger partial charge in [-0.2, -0.15) is 0 Å². The number of nitrogens with zero attached hydrogens (tertiary/aromatic N) is 1. The lowest BCUT2D eigenvalue weighted by Gasteiger charge is -2.50. The Hall–Kier alpha value is -1.42. The molecule has 2 aliphatic carbocycles. The Labute approximate surface area is 156 Å². The fourth-order valence-corrected chi connectivity index (χ4v) is 5.67. The molecular weight excluding hydrogens is 327 g/mol. The molecule has 2 saturated carbocycles. The van der Waals surface area contributed by atoms with Crippen LogP contribution in [0.15, 0.2) is 24.3 Å². The second-order valence-electron chi connectivity index (χ2n) is 9.10. The normalized spacial score (nSPS) is 34.9. The highest BCUT2D eigenvalue weighted by molar-refractivity contribution is 5.82. The van der Waals surface area contributed by atoms with E-state index < -0.39 is 0 Å². The van der Waals surface area contributed by atoms with Crippen LogP contribution in [0.4, 0.5) is 4.39 Å². The SMILES string of the molecule is CN(C)[C@]1(c2cccc(F)c2)CC[C@]2(CC1)CNC(=O)C2CC1CCC1. The summed E-state index contributed by atoms with van der Waals surface area (Å²) >= 11 is 0. The number of hydrogen-bond donors (Lipinski definition) is 1. The average molecular weight is 359 g/mol. The van der Waals surface area contributed by atoms with Gasteiger partial charge in [0.05, 0.1) is 0 Å². The first-order valence-electron chi connectivity index (χ1n) is 10.2. The van der Waals surface area contributed by atoms with Crippen LogP contribution in [-0.2, 0) is 10.3 Å². The van der Waals surface area contributed by atoms with E-state index in [9.17, 15) is 9.18 Å². The molecule has 1 aliphatic heterocycles. The summed E-state index contributed by atoms with van der Waals surface area (Å²) in [6, 6.07) is 7.10. The van der Waals surface area contributed by atoms with Gasteiger partial charge in [-0.1, -0.05) is 31.4 Å². The molecule has 142 valence electrons. The van der Waals surface area contributed by atoms with Crippen molar-refractivity contribution in [3.8, 4) is 0 Å². The summed E-state index contributed by atoms with van der Waals surface area (Å²) in [5.74, 6) is 1.05. The molecule has 1 saturated heterocycles. The van der Waals surface area contributed by atoms with Crippen LogP contribution in [0.2, 0.25) is 0 Å². The van der Waals surface area contributed by atoms with E-state index in [0.29, 0.717) is 0 Å². The van der Waals surface area contributed by atoms with E-state index in [1.807, 2.05) is 6.07 Å². The molecule has 3 aliphatic rings. The summed E-state index contributed by atoms with van der Waals surface area (Å²) < 4.78 is 13.9. The predicted molar refractivity (Wildman–Crippen MR) is 101 cm³/mol. The third-order valence-electron chi connectivity index (χ3n) is 7.76. The molecule has 0 aromatic heterocycles. The van der Waals surface area contributed by atoms with E-state index in [2.05, 4.69) is 30.4 Å². The molecule has 1 unspecified atom stereocenters. The van der Waals surface area contributed by atoms with Gasteiger partial charge in [-0.05, 0) is 75.2 Å². The second-order valence-corrected chi connectivity index (χ2v) is 9.10. The number of halogens is 1. The first kappa shape index (κ1) is 18.0. The fraction of sp³-hybridized carbons (Fsp3) is 0.682. The molecule has 4 heteroatoms. The monoisotopic (exact) mass is 358 g/mol. The summed E-state index contributed by atoms with van der Waals surface area (Å²) in [5, 5.41) is 3.18. The molecule has 1 atom stereocenters. The molecule has 1 N–H and O–H groups in total. The van der Waals surface area contributed by atoms with Crippen LogP contribution in [0.3, 0.4) is 0 Å². The minimum absolute atomic E-state index is 0.111. The van der Waals surface area contributed by atoms with Crippen molar-refractivity contribution in [3.63, 3.8) is 0 Å². The zero-order chi connectivity index (χ0) is 18.4. The quantitative estimate of drug-likeness (QED) is 0.880. The van der Waals surface area contributed by atoms with Gasteiger partial charge in [0.2, 0.25) is 5.91 Å². The molecule has 1 spiro atoms. The van der Waals surface area contributed by atoms with Crippen molar-refractivity contribution in [2.45, 2.75) is 56.9 Å². The van der Waals surface area contributed by atoms with Crippen molar-refractivity contribution in [2.75, 3.05) is 20.6 Å². The second kappa shape index (κ2) is 6.63. The van der Waals surface area contributed by atoms with Gasteiger partial charge in [0, 0.05) is 18.0 Å². The van der Waals surface area contributed by atoms with E-state index in [0.717, 1.165) is 50.1 Å². The fourth-order valence-electron chi connectivity index (χ4n) is 5.67. The van der Waals surface area contributed by atoms with Gasteiger partial charge in [-0.15, -0.1) is 0 Å². The molecule has 4 rings (SSSR count). The Kier molecular flexibility index (Phi) is 4.58. The van der Waals surface area contributed by atoms with Crippen molar-refractivity contribution in [1.29, 1.82) is 0 Å². The maximum absolute atomic E-state index is 13.9. The number of carbonyl (C=O) groups is 1. The summed E-state index contributed by atoms with van der Waals surface area (Å²) in [6.45, 7) is 0.829. The van der Waals surface area contributed by atoms with Crippen molar-refractivity contribution >= 4 is 5.91 Å². The lowest BCUT2D eigenvalue weighted by molar-refractivity contribution is -0.126. The van der Waals surface area contributed by atoms with Crippen LogP contribution in [0.5, 0.6) is 0 Å². The molecule has 3 nitrogen and oxygen atoms in total. The van der Waals surface area contributed by atoms with Crippen LogP contribution >= 0.6 is 0 Å². The Morgan fingerprint density at radius 2 is 1.92 bits per heavy atom. The van der Waals surface area contributed by atoms with Gasteiger partial charge in [0.15, 0.2) is 0 Å². The van der Waals surface area contributed by atoms with Crippen LogP contribution in [0.1, 0.15) is 56.9 Å². The van der Waals surface area contributed by atoms with E-state index >= 15 is 0 Å². The lowest BCUT2D eigenvalue weighted by atomic mass is 9.59. The Bertz CT molecular complexity index is 674. The van der Waals surface area contributed by atoms with Crippen molar-refractivity contribution in [1.82, 2.24) is 10.2 Å². The number of carbonyl (C=O) groups excluding carboxylic acids is 1. The Morgan fingerprint density at radius 1 is 1.19 bits per heavy atom. The number of benzene rings is 1. The minimum atomic E-state index is -0.162. The summed E-state index contributed by atoms with van der Waals surface area (Å²) in [6.07, 6.45) is 9.04. The van der Waals surface area contributed by atoms with Gasteiger partial charge in [-0.3, -0.25) is 9.69 Å². The van der Waals surface area contributed by atoms with Crippen LogP contribution in [0, 0.1) is 23.1 Å². The first-order valence-corrected chi connectivity index (χ1v) is 10.2. The summed E-state index contributed by atoms with van der Waals surface area (Å²) in [4.78, 5) is 14.8. The van der Waals surface area contributed by atoms with Crippen molar-refractivity contribution < 1.29 is 9.18 Å². The van der Waals surface area contributed by atoms with Crippen LogP contribution in [-0.4, -0.2) is 31.4 Å². The van der Waals surface area contributed by atoms with E-state index in [1.54, 1.807) is 6.07 Å². The van der Waals surface area contributed by atoms with Crippen molar-refractivity contribution in [2.24, 2.45) is 17.3 Å². The number of amides is 1. The van der Waals surface area contributed by atoms with Gasteiger partial charge in [-0.25, -0.2) is 4.39 Å². The highest BCUT2D eigenvalue weighted by atomic mass is 19.1. The molecule has 1 aromatic rings. The van der Waals surface area contributed by atoms with Crippen molar-refractivity contribution in [3.05, 3.63) is 35.6 Å². The number of hydrogen-bond acceptors (Lipinski definition) is 2. The van der Waals surface area contributed by atoms with Crippen LogP contribution < -0.4 is 5.32 Å². The Morgan fingerprint density at radius 3 is 2.50 bits per heavy atom. The number of nitrogens with one attached hydrogen (secondary N) is 1. The van der Waals surface area contributed by atoms with Gasteiger partial charge in [0.25, 0.3) is 0 Å². The molecule has 0 bridgehead atoms. The number of rotatable bonds is 4. The lowest BCUT2D eigenvalue weighted by Crippen LogP contribution is -2.49. The molecular formula is C22H31FN2O. The summed E-state index contributed by atoms with van der Waals surface area (Å²) in [7, 11) is 4.21. The van der Waals surface area contributed by atoms with E-state index in [1.165, 1.54) is 25.3 Å². The maximum atomic E-state index is 13.9. The third-order valence-corrected chi connectivity index (χ3v) is 7.76. The molecule has 1 heterocycles. The first-order chi connectivity index (χ1) is 12.5. The molecule has 3 fully saturated rings. The zero-order valence-corrected chi connectivity index (χ0v) is 16.1. The maximum Gasteiger partial charge on any atom is 0.223 e. The topological polar surface area (TPSA) is 32.3 Å². The molecule has 1 amide bonds. The summed E-state index contributed by atoms with van der Waals surface area (Å²) in [5.41, 5.74) is 1.06. The average Bonchev–Trinajstić information content (AvgIpc) is 2.88. The predicted octanol–water partition coefficient (Wildman–Crippen LogP) is 4.08. The van der Waals surface area contributed by atoms with E-state index in [-0.39, 0.29) is 28.6 Å². The minimum Gasteiger partial charge on any atom is -0.355 e. The highest BCUT2D eigenvalue weighted by Crippen LogP contribution is 2.54. The Balaban J connectivity index is 1.56. The zero-order valence-electron chi connectivity index (χ0n) is 16.1. The van der Waals surface area contributed by atoms with Gasteiger partial charge in [0.1, 0.15) is 5.82 Å². The molecule has 0 radical (unpaired) electrons. The highest BCUT2D eigenvalue weighted by Gasteiger charge is 2.53. The van der Waals surface area contributed by atoms with E-state index in [4.69, 9.17) is 0 Å². The van der Waals surface area contributed by atoms with Gasteiger partial charge < -0.3 is 5.32 Å². The van der Waals surface area contributed by atoms with Crippen LogP contribution in [0.25, 0.3) is 0 Å². The largest absolute Gasteiger partial charge is 0.355 e.